The van der Waals surface area contributed by atoms with Crippen LogP contribution >= 0.6 is 0 Å². The summed E-state index contributed by atoms with van der Waals surface area (Å²) in [4.78, 5) is 16.4. The standard InChI is InChI=1S/C16H21N5O4S/c1-11-18-15(25-20-11)10-21(2)26(23,24)14-5-3-4-12(8-14)16(22)19-13-6-7-17-9-13/h3-5,8,13,17H,6-7,9-10H2,1-2H3,(H,19,22). The summed E-state index contributed by atoms with van der Waals surface area (Å²) in [5.41, 5.74) is 0.306. The summed E-state index contributed by atoms with van der Waals surface area (Å²) in [6.07, 6.45) is 0.857. The molecule has 1 aromatic carbocycles. The fraction of sp³-hybridized carbons (Fsp3) is 0.438. The molecule has 2 heterocycles. The zero-order valence-corrected chi connectivity index (χ0v) is 15.4. The molecule has 1 unspecified atom stereocenters. The highest BCUT2D eigenvalue weighted by Crippen LogP contribution is 2.18. The number of carbonyl (C=O) groups excluding carboxylic acids is 1. The van der Waals surface area contributed by atoms with Crippen LogP contribution in [0, 0.1) is 6.92 Å². The van der Waals surface area contributed by atoms with E-state index in [0.717, 1.165) is 23.8 Å². The first-order valence-electron chi connectivity index (χ1n) is 8.23. The molecule has 1 amide bonds. The third-order valence-electron chi connectivity index (χ3n) is 4.13. The molecule has 3 rings (SSSR count). The molecule has 1 aliphatic heterocycles. The lowest BCUT2D eigenvalue weighted by Crippen LogP contribution is -2.36. The van der Waals surface area contributed by atoms with Gasteiger partial charge in [-0.1, -0.05) is 11.2 Å². The van der Waals surface area contributed by atoms with E-state index in [4.69, 9.17) is 4.52 Å². The number of hydrogen-bond donors (Lipinski definition) is 2. The van der Waals surface area contributed by atoms with Crippen LogP contribution in [-0.2, 0) is 16.6 Å². The van der Waals surface area contributed by atoms with Gasteiger partial charge in [0.05, 0.1) is 11.4 Å². The average Bonchev–Trinajstić information content (AvgIpc) is 3.26. The first-order chi connectivity index (χ1) is 12.4. The Labute approximate surface area is 151 Å². The second-order valence-corrected chi connectivity index (χ2v) is 8.23. The largest absolute Gasteiger partial charge is 0.348 e. The molecule has 0 aliphatic carbocycles. The van der Waals surface area contributed by atoms with Gasteiger partial charge < -0.3 is 15.2 Å². The van der Waals surface area contributed by atoms with Crippen molar-refractivity contribution in [3.63, 3.8) is 0 Å². The maximum atomic E-state index is 12.8. The van der Waals surface area contributed by atoms with Crippen LogP contribution in [0.3, 0.4) is 0 Å². The molecule has 10 heteroatoms. The van der Waals surface area contributed by atoms with Gasteiger partial charge in [-0.25, -0.2) is 8.42 Å². The number of sulfonamides is 1. The number of carbonyl (C=O) groups is 1. The number of rotatable bonds is 6. The minimum atomic E-state index is -3.80. The summed E-state index contributed by atoms with van der Waals surface area (Å²) in [5.74, 6) is 0.355. The number of hydrogen-bond acceptors (Lipinski definition) is 7. The Morgan fingerprint density at radius 2 is 2.27 bits per heavy atom. The number of aryl methyl sites for hydroxylation is 1. The van der Waals surface area contributed by atoms with Gasteiger partial charge in [0.15, 0.2) is 5.82 Å². The quantitative estimate of drug-likeness (QED) is 0.741. The Morgan fingerprint density at radius 3 is 2.92 bits per heavy atom. The number of aromatic nitrogens is 2. The van der Waals surface area contributed by atoms with E-state index in [1.807, 2.05) is 0 Å². The summed E-state index contributed by atoms with van der Waals surface area (Å²) in [5, 5.41) is 9.71. The van der Waals surface area contributed by atoms with Gasteiger partial charge in [-0.05, 0) is 38.1 Å². The van der Waals surface area contributed by atoms with Crippen molar-refractivity contribution in [1.82, 2.24) is 25.1 Å². The topological polar surface area (TPSA) is 117 Å². The van der Waals surface area contributed by atoms with Crippen LogP contribution in [0.2, 0.25) is 0 Å². The SMILES string of the molecule is Cc1noc(CN(C)S(=O)(=O)c2cccc(C(=O)NC3CCNC3)c2)n1. The summed E-state index contributed by atoms with van der Waals surface area (Å²) in [6, 6.07) is 6.05. The van der Waals surface area contributed by atoms with Crippen LogP contribution in [0.4, 0.5) is 0 Å². The maximum absolute atomic E-state index is 12.8. The van der Waals surface area contributed by atoms with E-state index in [1.54, 1.807) is 19.1 Å². The number of benzene rings is 1. The predicted molar refractivity (Wildman–Crippen MR) is 92.9 cm³/mol. The molecule has 0 saturated carbocycles. The summed E-state index contributed by atoms with van der Waals surface area (Å²) in [6.45, 7) is 3.19. The lowest BCUT2D eigenvalue weighted by molar-refractivity contribution is 0.0940. The van der Waals surface area contributed by atoms with Gasteiger partial charge in [0.1, 0.15) is 0 Å². The maximum Gasteiger partial charge on any atom is 0.251 e. The minimum absolute atomic E-state index is 0.0356. The molecule has 9 nitrogen and oxygen atoms in total. The van der Waals surface area contributed by atoms with Gasteiger partial charge in [-0.3, -0.25) is 4.79 Å². The Kier molecular flexibility index (Phi) is 5.35. The molecule has 2 N–H and O–H groups in total. The fourth-order valence-electron chi connectivity index (χ4n) is 2.70. The Morgan fingerprint density at radius 1 is 1.46 bits per heavy atom. The van der Waals surface area contributed by atoms with Crippen molar-refractivity contribution in [3.8, 4) is 0 Å². The van der Waals surface area contributed by atoms with Crippen molar-refractivity contribution in [2.75, 3.05) is 20.1 Å². The molecule has 1 aromatic heterocycles. The molecular formula is C16H21N5O4S. The third-order valence-corrected chi connectivity index (χ3v) is 5.93. The van der Waals surface area contributed by atoms with Crippen LogP contribution in [0.15, 0.2) is 33.7 Å². The van der Waals surface area contributed by atoms with E-state index in [9.17, 15) is 13.2 Å². The smallest absolute Gasteiger partial charge is 0.251 e. The number of nitrogens with zero attached hydrogens (tertiary/aromatic N) is 3. The average molecular weight is 379 g/mol. The lowest BCUT2D eigenvalue weighted by Gasteiger charge is -2.16. The molecule has 1 fully saturated rings. The van der Waals surface area contributed by atoms with Crippen molar-refractivity contribution in [3.05, 3.63) is 41.5 Å². The monoisotopic (exact) mass is 379 g/mol. The molecule has 26 heavy (non-hydrogen) atoms. The number of nitrogens with one attached hydrogen (secondary N) is 2. The highest BCUT2D eigenvalue weighted by molar-refractivity contribution is 7.89. The van der Waals surface area contributed by atoms with Gasteiger partial charge in [0, 0.05) is 25.2 Å². The lowest BCUT2D eigenvalue weighted by atomic mass is 10.2. The van der Waals surface area contributed by atoms with E-state index in [2.05, 4.69) is 20.8 Å². The molecular weight excluding hydrogens is 358 g/mol. The minimum Gasteiger partial charge on any atom is -0.348 e. The van der Waals surface area contributed by atoms with Crippen molar-refractivity contribution >= 4 is 15.9 Å². The van der Waals surface area contributed by atoms with Crippen LogP contribution in [0.5, 0.6) is 0 Å². The van der Waals surface area contributed by atoms with Gasteiger partial charge >= 0.3 is 0 Å². The number of amides is 1. The van der Waals surface area contributed by atoms with E-state index in [1.165, 1.54) is 19.2 Å². The molecule has 1 aliphatic rings. The fourth-order valence-corrected chi connectivity index (χ4v) is 3.87. The molecule has 0 radical (unpaired) electrons. The van der Waals surface area contributed by atoms with Crippen LogP contribution in [-0.4, -0.2) is 54.9 Å². The highest BCUT2D eigenvalue weighted by Gasteiger charge is 2.24. The van der Waals surface area contributed by atoms with Crippen molar-refractivity contribution in [1.29, 1.82) is 0 Å². The molecule has 140 valence electrons. The Balaban J connectivity index is 1.75. The first kappa shape index (κ1) is 18.5. The second-order valence-electron chi connectivity index (χ2n) is 6.19. The first-order valence-corrected chi connectivity index (χ1v) is 9.67. The highest BCUT2D eigenvalue weighted by atomic mass is 32.2. The van der Waals surface area contributed by atoms with Crippen LogP contribution in [0.25, 0.3) is 0 Å². The van der Waals surface area contributed by atoms with Gasteiger partial charge in [-0.15, -0.1) is 0 Å². The zero-order chi connectivity index (χ0) is 18.7. The van der Waals surface area contributed by atoms with Gasteiger partial charge in [0.25, 0.3) is 5.91 Å². The van der Waals surface area contributed by atoms with E-state index >= 15 is 0 Å². The molecule has 0 bridgehead atoms. The van der Waals surface area contributed by atoms with Gasteiger partial charge in [0.2, 0.25) is 15.9 Å². The zero-order valence-electron chi connectivity index (χ0n) is 14.6. The van der Waals surface area contributed by atoms with E-state index in [-0.39, 0.29) is 29.3 Å². The molecule has 2 aromatic rings. The van der Waals surface area contributed by atoms with Crippen LogP contribution < -0.4 is 10.6 Å². The van der Waals surface area contributed by atoms with E-state index < -0.39 is 10.0 Å². The predicted octanol–water partition coefficient (Wildman–Crippen LogP) is 0.290. The second kappa shape index (κ2) is 7.52. The summed E-state index contributed by atoms with van der Waals surface area (Å²) >= 11 is 0. The third kappa shape index (κ3) is 4.09. The Bertz CT molecular complexity index is 890. The summed E-state index contributed by atoms with van der Waals surface area (Å²) < 4.78 is 31.6. The van der Waals surface area contributed by atoms with Crippen molar-refractivity contribution in [2.24, 2.45) is 0 Å². The van der Waals surface area contributed by atoms with E-state index in [0.29, 0.717) is 11.4 Å². The molecule has 1 atom stereocenters. The Hall–Kier alpha value is -2.30. The molecule has 1 saturated heterocycles. The van der Waals surface area contributed by atoms with Crippen molar-refractivity contribution < 1.29 is 17.7 Å². The van der Waals surface area contributed by atoms with Gasteiger partial charge in [-0.2, -0.15) is 9.29 Å². The summed E-state index contributed by atoms with van der Waals surface area (Å²) in [7, 11) is -2.38. The van der Waals surface area contributed by atoms with Crippen LogP contribution in [0.1, 0.15) is 28.5 Å². The van der Waals surface area contributed by atoms with Crippen molar-refractivity contribution in [2.45, 2.75) is 30.8 Å². The molecule has 0 spiro atoms. The normalized spacial score (nSPS) is 17.6.